The normalized spacial score (nSPS) is 24.8. The molecule has 2 aromatic heterocycles. The molecular weight excluding hydrogens is 412 g/mol. The lowest BCUT2D eigenvalue weighted by atomic mass is 10.1. The Morgan fingerprint density at radius 1 is 1.19 bits per heavy atom. The lowest BCUT2D eigenvalue weighted by molar-refractivity contribution is -0.0391. The zero-order valence-corrected chi connectivity index (χ0v) is 19.9. The molecule has 0 N–H and O–H groups in total. The summed E-state index contributed by atoms with van der Waals surface area (Å²) in [7, 11) is 1.71. The molecule has 10 heteroatoms. The zero-order valence-electron chi connectivity index (χ0n) is 19.9. The van der Waals surface area contributed by atoms with E-state index in [9.17, 15) is 9.59 Å². The molecule has 0 radical (unpaired) electrons. The number of fused-ring (bicyclic) bond motifs is 1. The van der Waals surface area contributed by atoms with Crippen LogP contribution in [0.5, 0.6) is 0 Å². The van der Waals surface area contributed by atoms with Gasteiger partial charge in [-0.1, -0.05) is 0 Å². The lowest BCUT2D eigenvalue weighted by Crippen LogP contribution is -2.59. The van der Waals surface area contributed by atoms with Gasteiger partial charge in [-0.15, -0.1) is 0 Å². The van der Waals surface area contributed by atoms with Gasteiger partial charge in [0.2, 0.25) is 0 Å². The highest BCUT2D eigenvalue weighted by Crippen LogP contribution is 2.30. The first kappa shape index (κ1) is 22.6. The molecule has 4 heterocycles. The minimum atomic E-state index is -0.551. The largest absolute Gasteiger partial charge is 0.444 e. The van der Waals surface area contributed by atoms with Crippen LogP contribution < -0.4 is 10.6 Å². The van der Waals surface area contributed by atoms with E-state index in [1.165, 1.54) is 4.57 Å². The standard InChI is InChI=1S/C22H34N6O4/c1-14-12-27(21(30)32-22(3,4)5)15(2)11-26(14)19-18-16(25(6)20(29)23-19)13-28(24-18)17-9-7-8-10-31-17/h13-15,17H,7-12H2,1-6H3/t14-,15+,17?/m0/s1. The fourth-order valence-corrected chi connectivity index (χ4v) is 4.39. The van der Waals surface area contributed by atoms with Gasteiger partial charge in [-0.25, -0.2) is 14.3 Å². The molecule has 176 valence electrons. The summed E-state index contributed by atoms with van der Waals surface area (Å²) in [6, 6.07) is -0.164. The number of carbonyl (C=O) groups is 1. The Balaban J connectivity index is 1.66. The van der Waals surface area contributed by atoms with Crippen molar-refractivity contribution >= 4 is 22.9 Å². The third kappa shape index (κ3) is 4.32. The SMILES string of the molecule is C[C@@H]1CN(c2nc(=O)n(C)c3cn(C4CCCCO4)nc23)[C@@H](C)CN1C(=O)OC(C)(C)C. The van der Waals surface area contributed by atoms with Gasteiger partial charge < -0.3 is 19.3 Å². The quantitative estimate of drug-likeness (QED) is 0.700. The Kier molecular flexibility index (Phi) is 5.91. The summed E-state index contributed by atoms with van der Waals surface area (Å²) in [4.78, 5) is 33.6. The molecule has 10 nitrogen and oxygen atoms in total. The van der Waals surface area contributed by atoms with E-state index >= 15 is 0 Å². The van der Waals surface area contributed by atoms with Crippen LogP contribution in [0.1, 0.15) is 60.1 Å². The minimum Gasteiger partial charge on any atom is -0.444 e. The van der Waals surface area contributed by atoms with Gasteiger partial charge in [0, 0.05) is 38.8 Å². The second kappa shape index (κ2) is 8.38. The Labute approximate surface area is 188 Å². The predicted octanol–water partition coefficient (Wildman–Crippen LogP) is 2.66. The van der Waals surface area contributed by atoms with Crippen molar-refractivity contribution in [2.45, 2.75) is 77.8 Å². The number of nitrogens with zero attached hydrogens (tertiary/aromatic N) is 6. The first-order valence-corrected chi connectivity index (χ1v) is 11.4. The molecule has 1 amide bonds. The smallest absolute Gasteiger partial charge is 0.410 e. The van der Waals surface area contributed by atoms with E-state index in [2.05, 4.69) is 9.88 Å². The highest BCUT2D eigenvalue weighted by Gasteiger charge is 2.36. The molecule has 0 aromatic carbocycles. The number of ether oxygens (including phenoxy) is 2. The number of aromatic nitrogens is 4. The number of hydrogen-bond acceptors (Lipinski definition) is 7. The van der Waals surface area contributed by atoms with E-state index in [0.29, 0.717) is 31.0 Å². The van der Waals surface area contributed by atoms with Crippen molar-refractivity contribution in [2.75, 3.05) is 24.6 Å². The van der Waals surface area contributed by atoms with Crippen LogP contribution in [-0.2, 0) is 16.5 Å². The van der Waals surface area contributed by atoms with Gasteiger partial charge in [-0.2, -0.15) is 10.1 Å². The summed E-state index contributed by atoms with van der Waals surface area (Å²) in [5.41, 5.74) is 0.519. The fourth-order valence-electron chi connectivity index (χ4n) is 4.39. The van der Waals surface area contributed by atoms with Gasteiger partial charge in [-0.05, 0) is 53.9 Å². The molecule has 0 aliphatic carbocycles. The third-order valence-corrected chi connectivity index (χ3v) is 6.11. The van der Waals surface area contributed by atoms with Crippen molar-refractivity contribution in [3.05, 3.63) is 16.7 Å². The highest BCUT2D eigenvalue weighted by atomic mass is 16.6. The van der Waals surface area contributed by atoms with Crippen LogP contribution in [0.2, 0.25) is 0 Å². The lowest BCUT2D eigenvalue weighted by Gasteiger charge is -2.44. The molecule has 0 bridgehead atoms. The minimum absolute atomic E-state index is 0.0578. The average Bonchev–Trinajstić information content (AvgIpc) is 3.17. The Bertz CT molecular complexity index is 1050. The maximum absolute atomic E-state index is 12.7. The maximum Gasteiger partial charge on any atom is 0.410 e. The molecule has 1 unspecified atom stereocenters. The Morgan fingerprint density at radius 2 is 1.94 bits per heavy atom. The van der Waals surface area contributed by atoms with Crippen molar-refractivity contribution in [3.63, 3.8) is 0 Å². The van der Waals surface area contributed by atoms with E-state index in [1.54, 1.807) is 11.9 Å². The molecule has 2 aliphatic rings. The molecule has 2 aliphatic heterocycles. The second-order valence-electron chi connectivity index (χ2n) is 9.92. The predicted molar refractivity (Wildman–Crippen MR) is 121 cm³/mol. The molecule has 4 rings (SSSR count). The molecule has 2 aromatic rings. The number of aryl methyl sites for hydroxylation is 1. The van der Waals surface area contributed by atoms with E-state index < -0.39 is 5.60 Å². The van der Waals surface area contributed by atoms with Crippen LogP contribution in [0.25, 0.3) is 11.0 Å². The first-order valence-electron chi connectivity index (χ1n) is 11.4. The monoisotopic (exact) mass is 446 g/mol. The van der Waals surface area contributed by atoms with Crippen LogP contribution in [0.15, 0.2) is 11.0 Å². The molecule has 0 spiro atoms. The number of carbonyl (C=O) groups excluding carboxylic acids is 1. The topological polar surface area (TPSA) is 94.7 Å². The molecule has 3 atom stereocenters. The van der Waals surface area contributed by atoms with Crippen LogP contribution in [0.3, 0.4) is 0 Å². The van der Waals surface area contributed by atoms with Gasteiger partial charge in [-0.3, -0.25) is 4.57 Å². The molecule has 2 fully saturated rings. The summed E-state index contributed by atoms with van der Waals surface area (Å²) in [6.45, 7) is 11.3. The molecule has 0 saturated carbocycles. The number of piperazine rings is 1. The first-order chi connectivity index (χ1) is 15.0. The van der Waals surface area contributed by atoms with E-state index in [4.69, 9.17) is 14.6 Å². The van der Waals surface area contributed by atoms with Crippen molar-refractivity contribution in [1.29, 1.82) is 0 Å². The summed E-state index contributed by atoms with van der Waals surface area (Å²) in [5.74, 6) is 0.556. The van der Waals surface area contributed by atoms with Crippen LogP contribution >= 0.6 is 0 Å². The van der Waals surface area contributed by atoms with Crippen molar-refractivity contribution in [1.82, 2.24) is 24.2 Å². The second-order valence-corrected chi connectivity index (χ2v) is 9.92. The van der Waals surface area contributed by atoms with Gasteiger partial charge in [0.25, 0.3) is 0 Å². The molecule has 2 saturated heterocycles. The third-order valence-electron chi connectivity index (χ3n) is 6.11. The van der Waals surface area contributed by atoms with Crippen LogP contribution in [0.4, 0.5) is 10.6 Å². The van der Waals surface area contributed by atoms with Gasteiger partial charge >= 0.3 is 11.8 Å². The summed E-state index contributed by atoms with van der Waals surface area (Å²) in [5, 5.41) is 4.80. The zero-order chi connectivity index (χ0) is 23.2. The Morgan fingerprint density at radius 3 is 2.59 bits per heavy atom. The number of anilines is 1. The summed E-state index contributed by atoms with van der Waals surface area (Å²) >= 11 is 0. The van der Waals surface area contributed by atoms with Crippen molar-refractivity contribution in [3.8, 4) is 0 Å². The van der Waals surface area contributed by atoms with Crippen LogP contribution in [-0.4, -0.2) is 67.7 Å². The number of amides is 1. The Hall–Kier alpha value is -2.62. The number of hydrogen-bond donors (Lipinski definition) is 0. The van der Waals surface area contributed by atoms with Crippen LogP contribution in [0, 0.1) is 0 Å². The van der Waals surface area contributed by atoms with Gasteiger partial charge in [0.05, 0.1) is 11.7 Å². The van der Waals surface area contributed by atoms with Gasteiger partial charge in [0.1, 0.15) is 11.8 Å². The molecule has 32 heavy (non-hydrogen) atoms. The maximum atomic E-state index is 12.7. The van der Waals surface area contributed by atoms with Crippen molar-refractivity contribution in [2.24, 2.45) is 7.05 Å². The highest BCUT2D eigenvalue weighted by molar-refractivity contribution is 5.86. The summed E-state index contributed by atoms with van der Waals surface area (Å²) < 4.78 is 14.8. The van der Waals surface area contributed by atoms with Gasteiger partial charge in [0.15, 0.2) is 11.3 Å². The molecular formula is C22H34N6O4. The fraction of sp³-hybridized carbons (Fsp3) is 0.727. The van der Waals surface area contributed by atoms with E-state index in [0.717, 1.165) is 24.8 Å². The number of rotatable bonds is 2. The van der Waals surface area contributed by atoms with E-state index in [1.807, 2.05) is 45.5 Å². The summed E-state index contributed by atoms with van der Waals surface area (Å²) in [6.07, 6.45) is 4.47. The van der Waals surface area contributed by atoms with Crippen molar-refractivity contribution < 1.29 is 14.3 Å². The average molecular weight is 447 g/mol. The van der Waals surface area contributed by atoms with E-state index in [-0.39, 0.29) is 30.1 Å².